The van der Waals surface area contributed by atoms with Crippen LogP contribution in [0.1, 0.15) is 43.5 Å². The van der Waals surface area contributed by atoms with E-state index in [1.54, 1.807) is 0 Å². The molecule has 2 heterocycles. The number of aryl methyl sites for hydroxylation is 2. The Hall–Kier alpha value is -1.60. The fourth-order valence-electron chi connectivity index (χ4n) is 2.90. The number of amides is 2. The number of aliphatic hydroxyl groups excluding tert-OH is 1. The Balaban J connectivity index is 1.66. The third-order valence-corrected chi connectivity index (χ3v) is 4.74. The van der Waals surface area contributed by atoms with Crippen molar-refractivity contribution in [2.24, 2.45) is 5.92 Å². The Morgan fingerprint density at radius 2 is 2.12 bits per heavy atom. The van der Waals surface area contributed by atoms with Gasteiger partial charge >= 0.3 is 6.03 Å². The first kappa shape index (κ1) is 18.7. The summed E-state index contributed by atoms with van der Waals surface area (Å²) in [7, 11) is 0. The molecule has 3 N–H and O–H groups in total. The van der Waals surface area contributed by atoms with Gasteiger partial charge in [0.15, 0.2) is 0 Å². The second-order valence-corrected chi connectivity index (χ2v) is 6.61. The molecule has 1 aromatic heterocycles. The topological polar surface area (TPSA) is 90.6 Å². The van der Waals surface area contributed by atoms with Crippen molar-refractivity contribution in [1.82, 2.24) is 20.5 Å². The van der Waals surface area contributed by atoms with Crippen LogP contribution in [0.2, 0.25) is 0 Å². The van der Waals surface area contributed by atoms with Gasteiger partial charge in [-0.05, 0) is 52.1 Å². The molecule has 1 aliphatic heterocycles. The molecule has 0 spiro atoms. The lowest BCUT2D eigenvalue weighted by atomic mass is 9.97. The van der Waals surface area contributed by atoms with E-state index in [4.69, 9.17) is 9.52 Å². The minimum atomic E-state index is -0.191. The van der Waals surface area contributed by atoms with Crippen LogP contribution < -0.4 is 10.6 Å². The predicted molar refractivity (Wildman–Crippen MR) is 91.7 cm³/mol. The summed E-state index contributed by atoms with van der Waals surface area (Å²) in [5.41, 5.74) is 0.961. The van der Waals surface area contributed by atoms with Crippen molar-refractivity contribution in [3.05, 3.63) is 17.3 Å². The van der Waals surface area contributed by atoms with Gasteiger partial charge in [0.05, 0.1) is 24.9 Å². The number of aliphatic hydroxyl groups is 1. The van der Waals surface area contributed by atoms with Crippen molar-refractivity contribution in [2.45, 2.75) is 52.6 Å². The van der Waals surface area contributed by atoms with Crippen LogP contribution in [0.4, 0.5) is 4.79 Å². The van der Waals surface area contributed by atoms with Crippen LogP contribution >= 0.6 is 0 Å². The number of likely N-dealkylation sites (tertiary alicyclic amines) is 1. The van der Waals surface area contributed by atoms with Gasteiger partial charge in [-0.2, -0.15) is 0 Å². The molecule has 7 nitrogen and oxygen atoms in total. The molecule has 1 aliphatic rings. The molecule has 0 bridgehead atoms. The van der Waals surface area contributed by atoms with Crippen molar-refractivity contribution in [3.63, 3.8) is 0 Å². The van der Waals surface area contributed by atoms with Crippen LogP contribution in [0, 0.1) is 19.8 Å². The first-order valence-corrected chi connectivity index (χ1v) is 8.82. The number of hydrogen-bond donors (Lipinski definition) is 3. The van der Waals surface area contributed by atoms with E-state index < -0.39 is 0 Å². The average Bonchev–Trinajstić information content (AvgIpc) is 2.89. The minimum Gasteiger partial charge on any atom is -0.444 e. The minimum absolute atomic E-state index is 0.0257. The second kappa shape index (κ2) is 9.03. The highest BCUT2D eigenvalue weighted by atomic mass is 16.4. The highest BCUT2D eigenvalue weighted by molar-refractivity contribution is 5.74. The number of hydrogen-bond acceptors (Lipinski definition) is 5. The van der Waals surface area contributed by atoms with Crippen LogP contribution in [0.25, 0.3) is 0 Å². The van der Waals surface area contributed by atoms with Gasteiger partial charge in [0.25, 0.3) is 0 Å². The highest BCUT2D eigenvalue weighted by Crippen LogP contribution is 2.19. The van der Waals surface area contributed by atoms with Gasteiger partial charge in [-0.3, -0.25) is 4.90 Å². The Morgan fingerprint density at radius 3 is 2.67 bits per heavy atom. The summed E-state index contributed by atoms with van der Waals surface area (Å²) in [5.74, 6) is 2.17. The van der Waals surface area contributed by atoms with E-state index in [0.29, 0.717) is 12.5 Å². The lowest BCUT2D eigenvalue weighted by Gasteiger charge is -2.31. The maximum atomic E-state index is 11.8. The summed E-state index contributed by atoms with van der Waals surface area (Å²) in [6.07, 6.45) is 2.83. The SMILES string of the molecule is CC[C@H](CO)NC(=O)NCC1CCN(Cc2nc(C)c(C)o2)CC1. The summed E-state index contributed by atoms with van der Waals surface area (Å²) >= 11 is 0. The summed E-state index contributed by atoms with van der Waals surface area (Å²) < 4.78 is 5.64. The molecule has 1 atom stereocenters. The predicted octanol–water partition coefficient (Wildman–Crippen LogP) is 1.57. The number of carbonyl (C=O) groups excluding carboxylic acids is 1. The zero-order valence-electron chi connectivity index (χ0n) is 15.0. The molecule has 24 heavy (non-hydrogen) atoms. The molecule has 0 radical (unpaired) electrons. The number of rotatable bonds is 7. The first-order valence-electron chi connectivity index (χ1n) is 8.82. The highest BCUT2D eigenvalue weighted by Gasteiger charge is 2.21. The number of carbonyl (C=O) groups is 1. The first-order chi connectivity index (χ1) is 11.5. The molecular formula is C17H30N4O3. The summed E-state index contributed by atoms with van der Waals surface area (Å²) in [6, 6.07) is -0.358. The molecule has 0 aromatic carbocycles. The van der Waals surface area contributed by atoms with Crippen LogP contribution in [0.3, 0.4) is 0 Å². The number of nitrogens with one attached hydrogen (secondary N) is 2. The molecule has 7 heteroatoms. The summed E-state index contributed by atoms with van der Waals surface area (Å²) in [4.78, 5) is 18.6. The number of aromatic nitrogens is 1. The third kappa shape index (κ3) is 5.49. The quantitative estimate of drug-likeness (QED) is 0.702. The average molecular weight is 338 g/mol. The molecule has 136 valence electrons. The van der Waals surface area contributed by atoms with Gasteiger partial charge in [-0.1, -0.05) is 6.92 Å². The molecule has 1 aromatic rings. The van der Waals surface area contributed by atoms with Crippen LogP contribution in [0.5, 0.6) is 0 Å². The van der Waals surface area contributed by atoms with Gasteiger partial charge < -0.3 is 20.2 Å². The molecule has 0 unspecified atom stereocenters. The molecule has 0 aliphatic carbocycles. The Morgan fingerprint density at radius 1 is 1.42 bits per heavy atom. The van der Waals surface area contributed by atoms with Crippen molar-refractivity contribution < 1.29 is 14.3 Å². The fraction of sp³-hybridized carbons (Fsp3) is 0.765. The van der Waals surface area contributed by atoms with Crippen LogP contribution in [-0.2, 0) is 6.54 Å². The van der Waals surface area contributed by atoms with Crippen LogP contribution in [0.15, 0.2) is 4.42 Å². The monoisotopic (exact) mass is 338 g/mol. The lowest BCUT2D eigenvalue weighted by Crippen LogP contribution is -2.46. The fourth-order valence-corrected chi connectivity index (χ4v) is 2.90. The lowest BCUT2D eigenvalue weighted by molar-refractivity contribution is 0.161. The normalized spacial score (nSPS) is 17.7. The molecule has 0 saturated carbocycles. The van der Waals surface area contributed by atoms with Crippen molar-refractivity contribution >= 4 is 6.03 Å². The van der Waals surface area contributed by atoms with Gasteiger partial charge in [0.2, 0.25) is 5.89 Å². The Labute approximate surface area is 143 Å². The second-order valence-electron chi connectivity index (χ2n) is 6.61. The van der Waals surface area contributed by atoms with Crippen molar-refractivity contribution in [1.29, 1.82) is 0 Å². The van der Waals surface area contributed by atoms with Gasteiger partial charge in [0.1, 0.15) is 5.76 Å². The van der Waals surface area contributed by atoms with E-state index in [0.717, 1.165) is 56.2 Å². The number of oxazole rings is 1. The van der Waals surface area contributed by atoms with Crippen LogP contribution in [-0.4, -0.2) is 53.3 Å². The summed E-state index contributed by atoms with van der Waals surface area (Å²) in [5, 5.41) is 14.8. The van der Waals surface area contributed by atoms with E-state index in [1.807, 2.05) is 20.8 Å². The van der Waals surface area contributed by atoms with E-state index in [2.05, 4.69) is 20.5 Å². The van der Waals surface area contributed by atoms with Crippen molar-refractivity contribution in [2.75, 3.05) is 26.2 Å². The number of urea groups is 1. The van der Waals surface area contributed by atoms with Gasteiger partial charge in [-0.15, -0.1) is 0 Å². The standard InChI is InChI=1S/C17H30N4O3/c1-4-15(11-22)20-17(23)18-9-14-5-7-21(8-6-14)10-16-19-12(2)13(3)24-16/h14-15,22H,4-11H2,1-3H3,(H2,18,20,23)/t15-/m1/s1. The number of nitrogens with zero attached hydrogens (tertiary/aromatic N) is 2. The van der Waals surface area contributed by atoms with Gasteiger partial charge in [-0.25, -0.2) is 9.78 Å². The van der Waals surface area contributed by atoms with Gasteiger partial charge in [0, 0.05) is 6.54 Å². The summed E-state index contributed by atoms with van der Waals surface area (Å²) in [6.45, 7) is 9.23. The maximum absolute atomic E-state index is 11.8. The van der Waals surface area contributed by atoms with E-state index in [1.165, 1.54) is 0 Å². The molecule has 1 fully saturated rings. The zero-order valence-corrected chi connectivity index (χ0v) is 15.0. The van der Waals surface area contributed by atoms with E-state index in [9.17, 15) is 4.79 Å². The molecule has 1 saturated heterocycles. The molecule has 2 amide bonds. The maximum Gasteiger partial charge on any atom is 0.315 e. The van der Waals surface area contributed by atoms with E-state index in [-0.39, 0.29) is 18.7 Å². The zero-order chi connectivity index (χ0) is 17.5. The van der Waals surface area contributed by atoms with Crippen molar-refractivity contribution in [3.8, 4) is 0 Å². The Kier molecular flexibility index (Phi) is 7.05. The molecular weight excluding hydrogens is 308 g/mol. The largest absolute Gasteiger partial charge is 0.444 e. The third-order valence-electron chi connectivity index (χ3n) is 4.74. The molecule has 2 rings (SSSR count). The Bertz CT molecular complexity index is 500. The smallest absolute Gasteiger partial charge is 0.315 e. The van der Waals surface area contributed by atoms with E-state index >= 15 is 0 Å². The number of piperidine rings is 1.